The zero-order valence-electron chi connectivity index (χ0n) is 9.58. The highest BCUT2D eigenvalue weighted by atomic mass is 32.2. The van der Waals surface area contributed by atoms with Crippen LogP contribution >= 0.6 is 12.2 Å². The molecule has 0 bridgehead atoms. The first-order valence-corrected chi connectivity index (χ1v) is 6.77. The second-order valence-electron chi connectivity index (χ2n) is 3.39. The van der Waals surface area contributed by atoms with E-state index >= 15 is 0 Å². The molecule has 0 radical (unpaired) electrons. The van der Waals surface area contributed by atoms with Crippen LogP contribution in [0.1, 0.15) is 0 Å². The normalized spacial score (nSPS) is 10.9. The lowest BCUT2D eigenvalue weighted by Gasteiger charge is -2.19. The maximum absolute atomic E-state index is 11.9. The molecule has 0 spiro atoms. The zero-order chi connectivity index (χ0) is 13.1. The highest BCUT2D eigenvalue weighted by molar-refractivity contribution is 7.95. The molecule has 0 aliphatic heterocycles. The van der Waals surface area contributed by atoms with Crippen molar-refractivity contribution in [2.75, 3.05) is 24.2 Å². The first kappa shape index (κ1) is 13.7. The van der Waals surface area contributed by atoms with Crippen molar-refractivity contribution in [3.05, 3.63) is 24.3 Å². The Morgan fingerprint density at radius 2 is 2.18 bits per heavy atom. The maximum Gasteiger partial charge on any atom is 0.241 e. The summed E-state index contributed by atoms with van der Waals surface area (Å²) in [4.78, 5) is -0.0558. The Morgan fingerprint density at radius 3 is 2.71 bits per heavy atom. The molecule has 94 valence electrons. The zero-order valence-corrected chi connectivity index (χ0v) is 11.2. The standard InChI is InChI=1S/C10H14N2O3S2/c1-12(17(13,14)7-10(11)16)8-4-3-5-9(6-8)15-2/h3-6H,7H2,1-2H3,(H2,11,16). The van der Waals surface area contributed by atoms with Crippen LogP contribution in [0.2, 0.25) is 0 Å². The van der Waals surface area contributed by atoms with Gasteiger partial charge in [-0.05, 0) is 12.1 Å². The van der Waals surface area contributed by atoms with E-state index in [2.05, 4.69) is 12.2 Å². The molecule has 0 saturated heterocycles. The number of benzene rings is 1. The van der Waals surface area contributed by atoms with Gasteiger partial charge in [0.1, 0.15) is 11.5 Å². The summed E-state index contributed by atoms with van der Waals surface area (Å²) in [7, 11) is -0.563. The summed E-state index contributed by atoms with van der Waals surface area (Å²) in [6, 6.07) is 6.73. The van der Waals surface area contributed by atoms with Crippen LogP contribution in [0.25, 0.3) is 0 Å². The van der Waals surface area contributed by atoms with Crippen LogP contribution in [0.3, 0.4) is 0 Å². The van der Waals surface area contributed by atoms with Crippen molar-refractivity contribution in [3.63, 3.8) is 0 Å². The largest absolute Gasteiger partial charge is 0.497 e. The van der Waals surface area contributed by atoms with Gasteiger partial charge in [0, 0.05) is 13.1 Å². The van der Waals surface area contributed by atoms with Gasteiger partial charge < -0.3 is 10.5 Å². The molecule has 0 fully saturated rings. The van der Waals surface area contributed by atoms with Crippen LogP contribution in [-0.4, -0.2) is 33.3 Å². The maximum atomic E-state index is 11.9. The Labute approximate surface area is 106 Å². The molecule has 0 atom stereocenters. The average Bonchev–Trinajstić information content (AvgIpc) is 2.26. The number of rotatable bonds is 5. The van der Waals surface area contributed by atoms with Crippen LogP contribution in [0.4, 0.5) is 5.69 Å². The molecular formula is C10H14N2O3S2. The molecule has 1 aromatic carbocycles. The van der Waals surface area contributed by atoms with E-state index in [0.717, 1.165) is 4.31 Å². The molecule has 0 amide bonds. The van der Waals surface area contributed by atoms with Crippen LogP contribution in [0, 0.1) is 0 Å². The third-order valence-electron chi connectivity index (χ3n) is 2.16. The Kier molecular flexibility index (Phi) is 4.30. The van der Waals surface area contributed by atoms with Crippen LogP contribution < -0.4 is 14.8 Å². The molecule has 0 aliphatic carbocycles. The Balaban J connectivity index is 3.03. The van der Waals surface area contributed by atoms with E-state index < -0.39 is 10.0 Å². The minimum atomic E-state index is -3.53. The fourth-order valence-electron chi connectivity index (χ4n) is 1.24. The second-order valence-corrected chi connectivity index (χ2v) is 5.92. The minimum absolute atomic E-state index is 0.0558. The van der Waals surface area contributed by atoms with E-state index in [1.165, 1.54) is 14.2 Å². The van der Waals surface area contributed by atoms with E-state index in [1.807, 2.05) is 0 Å². The molecule has 5 nitrogen and oxygen atoms in total. The fourth-order valence-corrected chi connectivity index (χ4v) is 2.68. The van der Waals surface area contributed by atoms with Crippen molar-refractivity contribution < 1.29 is 13.2 Å². The summed E-state index contributed by atoms with van der Waals surface area (Å²) < 4.78 is 29.9. The van der Waals surface area contributed by atoms with Gasteiger partial charge in [-0.15, -0.1) is 0 Å². The highest BCUT2D eigenvalue weighted by Crippen LogP contribution is 2.22. The number of nitrogens with zero attached hydrogens (tertiary/aromatic N) is 1. The number of sulfonamides is 1. The second kappa shape index (κ2) is 5.33. The lowest BCUT2D eigenvalue weighted by molar-refractivity contribution is 0.415. The summed E-state index contributed by atoms with van der Waals surface area (Å²) in [5.74, 6) is 0.232. The Bertz CT molecular complexity index is 514. The van der Waals surface area contributed by atoms with Crippen molar-refractivity contribution in [2.45, 2.75) is 0 Å². The molecule has 0 heterocycles. The van der Waals surface area contributed by atoms with Crippen LogP contribution in [-0.2, 0) is 10.0 Å². The lowest BCUT2D eigenvalue weighted by Crippen LogP contribution is -2.34. The van der Waals surface area contributed by atoms with Crippen molar-refractivity contribution >= 4 is 32.9 Å². The molecule has 1 rings (SSSR count). The Morgan fingerprint density at radius 1 is 1.53 bits per heavy atom. The molecule has 1 aromatic rings. The van der Waals surface area contributed by atoms with Crippen molar-refractivity contribution in [1.29, 1.82) is 0 Å². The fraction of sp³-hybridized carbons (Fsp3) is 0.300. The van der Waals surface area contributed by atoms with Gasteiger partial charge in [0.25, 0.3) is 0 Å². The van der Waals surface area contributed by atoms with Gasteiger partial charge in [0.05, 0.1) is 17.8 Å². The summed E-state index contributed by atoms with van der Waals surface area (Å²) in [6.45, 7) is 0. The summed E-state index contributed by atoms with van der Waals surface area (Å²) in [5.41, 5.74) is 5.75. The first-order chi connectivity index (χ1) is 7.86. The topological polar surface area (TPSA) is 72.6 Å². The number of anilines is 1. The molecule has 17 heavy (non-hydrogen) atoms. The first-order valence-electron chi connectivity index (χ1n) is 4.76. The smallest absolute Gasteiger partial charge is 0.241 e. The highest BCUT2D eigenvalue weighted by Gasteiger charge is 2.19. The van der Waals surface area contributed by atoms with Gasteiger partial charge in [-0.2, -0.15) is 0 Å². The third kappa shape index (κ3) is 3.57. The average molecular weight is 274 g/mol. The summed E-state index contributed by atoms with van der Waals surface area (Å²) in [5, 5.41) is 0. The van der Waals surface area contributed by atoms with Gasteiger partial charge in [-0.1, -0.05) is 18.3 Å². The molecule has 7 heteroatoms. The number of nitrogens with two attached hydrogens (primary N) is 1. The predicted octanol–water partition coefficient (Wildman–Crippen LogP) is 0.747. The van der Waals surface area contributed by atoms with Crippen LogP contribution in [0.5, 0.6) is 5.75 Å². The number of thiocarbonyl (C=S) groups is 1. The molecule has 2 N–H and O–H groups in total. The van der Waals surface area contributed by atoms with Crippen molar-refractivity contribution in [2.24, 2.45) is 5.73 Å². The van der Waals surface area contributed by atoms with E-state index in [4.69, 9.17) is 10.5 Å². The van der Waals surface area contributed by atoms with Gasteiger partial charge >= 0.3 is 0 Å². The molecule has 0 unspecified atom stereocenters. The van der Waals surface area contributed by atoms with E-state index in [0.29, 0.717) is 11.4 Å². The van der Waals surface area contributed by atoms with Gasteiger partial charge in [-0.3, -0.25) is 4.31 Å². The van der Waals surface area contributed by atoms with Gasteiger partial charge in [0.2, 0.25) is 10.0 Å². The molecule has 0 aromatic heterocycles. The SMILES string of the molecule is COc1cccc(N(C)S(=O)(=O)CC(N)=S)c1. The number of hydrogen-bond donors (Lipinski definition) is 1. The monoisotopic (exact) mass is 274 g/mol. The number of hydrogen-bond acceptors (Lipinski definition) is 4. The molecular weight excluding hydrogens is 260 g/mol. The third-order valence-corrected chi connectivity index (χ3v) is 4.21. The van der Waals surface area contributed by atoms with E-state index in [-0.39, 0.29) is 10.7 Å². The van der Waals surface area contributed by atoms with Crippen LogP contribution in [0.15, 0.2) is 24.3 Å². The summed E-state index contributed by atoms with van der Waals surface area (Å²) in [6.07, 6.45) is 0. The number of ether oxygens (including phenoxy) is 1. The minimum Gasteiger partial charge on any atom is -0.497 e. The van der Waals surface area contributed by atoms with Gasteiger partial charge in [-0.25, -0.2) is 8.42 Å². The quantitative estimate of drug-likeness (QED) is 0.802. The Hall–Kier alpha value is -1.34. The van der Waals surface area contributed by atoms with Gasteiger partial charge in [0.15, 0.2) is 0 Å². The lowest BCUT2D eigenvalue weighted by atomic mass is 10.3. The van der Waals surface area contributed by atoms with Crippen molar-refractivity contribution in [1.82, 2.24) is 0 Å². The molecule has 0 aliphatic rings. The van der Waals surface area contributed by atoms with E-state index in [1.54, 1.807) is 24.3 Å². The number of methoxy groups -OCH3 is 1. The predicted molar refractivity (Wildman–Crippen MR) is 72.0 cm³/mol. The summed E-state index contributed by atoms with van der Waals surface area (Å²) >= 11 is 4.61. The van der Waals surface area contributed by atoms with E-state index in [9.17, 15) is 8.42 Å². The molecule has 0 saturated carbocycles. The van der Waals surface area contributed by atoms with Crippen molar-refractivity contribution in [3.8, 4) is 5.75 Å².